The molecule has 3 aromatic carbocycles. The number of methoxy groups -OCH3 is 1. The number of fused-ring (bicyclic) bond motifs is 5. The monoisotopic (exact) mass is 570 g/mol. The fourth-order valence-electron chi connectivity index (χ4n) is 7.35. The molecule has 224 valence electrons. The van der Waals surface area contributed by atoms with Crippen LogP contribution in [0.3, 0.4) is 0 Å². The van der Waals surface area contributed by atoms with Gasteiger partial charge in [0.05, 0.1) is 19.3 Å². The van der Waals surface area contributed by atoms with Crippen molar-refractivity contribution in [3.05, 3.63) is 82.9 Å². The third kappa shape index (κ3) is 7.11. The predicted octanol–water partition coefficient (Wildman–Crippen LogP) is 9.04. The predicted molar refractivity (Wildman–Crippen MR) is 167 cm³/mol. The number of phenolic OH excluding ortho intramolecular Hbond substituents is 1. The second kappa shape index (κ2) is 14.1. The van der Waals surface area contributed by atoms with Crippen molar-refractivity contribution in [1.82, 2.24) is 0 Å². The fourth-order valence-corrected chi connectivity index (χ4v) is 7.35. The normalized spacial score (nSPS) is 22.4. The molecule has 0 bridgehead atoms. The standard InChI is InChI=1S/C19H26O.C18H20O4/c1-20-15-9-11-17-14(12-15)8-10-19-16-6-2-4-13(16)5-3-7-18(17)19;1-3-4-11-21-15-9-6-14(7-10-15)18(20)22-16-8-5-13(2)17(19)12-16/h9,11-13,16,18-19H,2-8,10H2,1H3;5-10,12,19H,3-4,11H2,1-2H3. The van der Waals surface area contributed by atoms with Gasteiger partial charge < -0.3 is 19.3 Å². The number of phenols is 1. The molecular formula is C37H46O5. The zero-order chi connectivity index (χ0) is 29.5. The topological polar surface area (TPSA) is 65.0 Å². The maximum atomic E-state index is 12.0. The molecule has 3 aromatic rings. The number of carbonyl (C=O) groups is 1. The number of benzene rings is 3. The summed E-state index contributed by atoms with van der Waals surface area (Å²) in [5.41, 5.74) is 4.40. The summed E-state index contributed by atoms with van der Waals surface area (Å²) >= 11 is 0. The summed E-state index contributed by atoms with van der Waals surface area (Å²) in [6.07, 6.45) is 13.7. The van der Waals surface area contributed by atoms with Gasteiger partial charge >= 0.3 is 5.97 Å². The molecule has 5 heteroatoms. The number of ether oxygens (including phenoxy) is 3. The first-order valence-electron chi connectivity index (χ1n) is 15.9. The molecule has 5 nitrogen and oxygen atoms in total. The first kappa shape index (κ1) is 30.0. The van der Waals surface area contributed by atoms with E-state index in [-0.39, 0.29) is 5.75 Å². The maximum absolute atomic E-state index is 12.0. The highest BCUT2D eigenvalue weighted by atomic mass is 16.5. The SMILES string of the molecule is CCCCOc1ccc(C(=O)Oc2ccc(C)c(O)c2)cc1.COc1ccc2c(c1)CCC1C2CCCC2CCCC21. The van der Waals surface area contributed by atoms with Gasteiger partial charge in [-0.3, -0.25) is 0 Å². The summed E-state index contributed by atoms with van der Waals surface area (Å²) < 4.78 is 16.2. The van der Waals surface area contributed by atoms with E-state index in [1.807, 2.05) is 0 Å². The number of hydrogen-bond donors (Lipinski definition) is 1. The molecule has 0 aliphatic heterocycles. The minimum atomic E-state index is -0.469. The number of esters is 1. The van der Waals surface area contributed by atoms with E-state index in [9.17, 15) is 9.90 Å². The van der Waals surface area contributed by atoms with Crippen LogP contribution in [0.4, 0.5) is 0 Å². The molecule has 0 radical (unpaired) electrons. The van der Waals surface area contributed by atoms with E-state index in [1.165, 1.54) is 57.4 Å². The Kier molecular flexibility index (Phi) is 10.1. The molecule has 0 heterocycles. The summed E-state index contributed by atoms with van der Waals surface area (Å²) in [5, 5.41) is 9.61. The first-order valence-corrected chi connectivity index (χ1v) is 15.9. The number of unbranched alkanes of at least 4 members (excludes halogenated alkanes) is 1. The van der Waals surface area contributed by atoms with Crippen LogP contribution >= 0.6 is 0 Å². The molecule has 1 N–H and O–H groups in total. The Bertz CT molecular complexity index is 1330. The molecule has 4 unspecified atom stereocenters. The summed E-state index contributed by atoms with van der Waals surface area (Å²) in [6.45, 7) is 4.55. The summed E-state index contributed by atoms with van der Waals surface area (Å²) in [4.78, 5) is 12.0. The minimum Gasteiger partial charge on any atom is -0.508 e. The fraction of sp³-hybridized carbons (Fsp3) is 0.486. The largest absolute Gasteiger partial charge is 0.508 e. The third-order valence-electron chi connectivity index (χ3n) is 9.62. The van der Waals surface area contributed by atoms with Crippen LogP contribution in [0.25, 0.3) is 0 Å². The van der Waals surface area contributed by atoms with Gasteiger partial charge in [0.1, 0.15) is 23.0 Å². The van der Waals surface area contributed by atoms with Gasteiger partial charge in [0.15, 0.2) is 0 Å². The molecule has 0 saturated heterocycles. The van der Waals surface area contributed by atoms with Gasteiger partial charge in [-0.05, 0) is 122 Å². The van der Waals surface area contributed by atoms with Gasteiger partial charge in [-0.1, -0.05) is 51.2 Å². The Hall–Kier alpha value is -3.47. The average molecular weight is 571 g/mol. The van der Waals surface area contributed by atoms with Gasteiger partial charge in [-0.15, -0.1) is 0 Å². The van der Waals surface area contributed by atoms with Crippen LogP contribution in [0, 0.1) is 24.7 Å². The molecule has 3 aliphatic carbocycles. The lowest BCUT2D eigenvalue weighted by molar-refractivity contribution is 0.0734. The Balaban J connectivity index is 0.000000168. The molecule has 4 atom stereocenters. The first-order chi connectivity index (χ1) is 20.5. The van der Waals surface area contributed by atoms with E-state index in [4.69, 9.17) is 14.2 Å². The second-order valence-corrected chi connectivity index (χ2v) is 12.2. The summed E-state index contributed by atoms with van der Waals surface area (Å²) in [7, 11) is 1.78. The van der Waals surface area contributed by atoms with Crippen molar-refractivity contribution in [1.29, 1.82) is 0 Å². The van der Waals surface area contributed by atoms with E-state index in [0.717, 1.165) is 53.6 Å². The highest BCUT2D eigenvalue weighted by Crippen LogP contribution is 2.53. The van der Waals surface area contributed by atoms with Crippen LogP contribution < -0.4 is 14.2 Å². The highest BCUT2D eigenvalue weighted by Gasteiger charge is 2.42. The molecule has 3 aliphatic rings. The lowest BCUT2D eigenvalue weighted by Gasteiger charge is -2.37. The number of rotatable bonds is 7. The van der Waals surface area contributed by atoms with Crippen molar-refractivity contribution in [3.63, 3.8) is 0 Å². The van der Waals surface area contributed by atoms with Crippen LogP contribution in [-0.4, -0.2) is 24.8 Å². The van der Waals surface area contributed by atoms with Crippen LogP contribution in [0.15, 0.2) is 60.7 Å². The quantitative estimate of drug-likeness (QED) is 0.174. The molecule has 2 saturated carbocycles. The lowest BCUT2D eigenvalue weighted by Crippen LogP contribution is -2.27. The Morgan fingerprint density at radius 1 is 0.857 bits per heavy atom. The third-order valence-corrected chi connectivity index (χ3v) is 9.62. The van der Waals surface area contributed by atoms with Crippen molar-refractivity contribution in [2.75, 3.05) is 13.7 Å². The van der Waals surface area contributed by atoms with Crippen molar-refractivity contribution in [3.8, 4) is 23.0 Å². The number of aromatic hydroxyl groups is 1. The van der Waals surface area contributed by atoms with E-state index < -0.39 is 5.97 Å². The molecule has 0 amide bonds. The Morgan fingerprint density at radius 3 is 2.33 bits per heavy atom. The van der Waals surface area contributed by atoms with Crippen LogP contribution in [-0.2, 0) is 6.42 Å². The van der Waals surface area contributed by atoms with Crippen molar-refractivity contribution in [2.24, 2.45) is 17.8 Å². The van der Waals surface area contributed by atoms with Crippen LogP contribution in [0.1, 0.15) is 97.7 Å². The zero-order valence-electron chi connectivity index (χ0n) is 25.4. The molecule has 2 fully saturated rings. The lowest BCUT2D eigenvalue weighted by atomic mass is 9.67. The van der Waals surface area contributed by atoms with Gasteiger partial charge in [-0.25, -0.2) is 4.79 Å². The van der Waals surface area contributed by atoms with E-state index in [2.05, 4.69) is 25.1 Å². The number of hydrogen-bond acceptors (Lipinski definition) is 5. The second-order valence-electron chi connectivity index (χ2n) is 12.2. The maximum Gasteiger partial charge on any atom is 0.343 e. The van der Waals surface area contributed by atoms with Gasteiger partial charge in [-0.2, -0.15) is 0 Å². The van der Waals surface area contributed by atoms with Crippen LogP contribution in [0.5, 0.6) is 23.0 Å². The zero-order valence-corrected chi connectivity index (χ0v) is 25.4. The number of carbonyl (C=O) groups excluding carboxylic acids is 1. The Morgan fingerprint density at radius 2 is 1.60 bits per heavy atom. The summed E-state index contributed by atoms with van der Waals surface area (Å²) in [6, 6.07) is 18.4. The molecule has 6 rings (SSSR count). The smallest absolute Gasteiger partial charge is 0.343 e. The highest BCUT2D eigenvalue weighted by molar-refractivity contribution is 5.91. The van der Waals surface area contributed by atoms with E-state index >= 15 is 0 Å². The van der Waals surface area contributed by atoms with Gasteiger partial charge in [0.25, 0.3) is 0 Å². The number of aryl methyl sites for hydroxylation is 2. The van der Waals surface area contributed by atoms with Gasteiger partial charge in [0.2, 0.25) is 0 Å². The molecule has 42 heavy (non-hydrogen) atoms. The minimum absolute atomic E-state index is 0.102. The van der Waals surface area contributed by atoms with Crippen molar-refractivity contribution in [2.45, 2.75) is 84.0 Å². The molecule has 0 spiro atoms. The average Bonchev–Trinajstić information content (AvgIpc) is 3.40. The summed E-state index contributed by atoms with van der Waals surface area (Å²) in [5.74, 6) is 5.64. The van der Waals surface area contributed by atoms with Crippen molar-refractivity contribution < 1.29 is 24.1 Å². The van der Waals surface area contributed by atoms with Crippen LogP contribution in [0.2, 0.25) is 0 Å². The Labute approximate surface area is 251 Å². The molecular weight excluding hydrogens is 524 g/mol. The van der Waals surface area contributed by atoms with Gasteiger partial charge in [0, 0.05) is 6.07 Å². The van der Waals surface area contributed by atoms with E-state index in [0.29, 0.717) is 17.9 Å². The van der Waals surface area contributed by atoms with E-state index in [1.54, 1.807) is 61.6 Å². The molecule has 0 aromatic heterocycles. The van der Waals surface area contributed by atoms with Crippen molar-refractivity contribution >= 4 is 5.97 Å².